The molecular weight excluding hydrogens is 330 g/mol. The third-order valence-corrected chi connectivity index (χ3v) is 4.27. The molecule has 0 aliphatic heterocycles. The summed E-state index contributed by atoms with van der Waals surface area (Å²) in [6.07, 6.45) is 0. The monoisotopic (exact) mass is 345 g/mol. The van der Waals surface area contributed by atoms with Gasteiger partial charge < -0.3 is 14.8 Å². The molecule has 1 aromatic heterocycles. The number of nitrogens with one attached hydrogen (secondary N) is 1. The van der Waals surface area contributed by atoms with Crippen molar-refractivity contribution in [1.82, 2.24) is 4.98 Å². The highest BCUT2D eigenvalue weighted by Gasteiger charge is 2.10. The van der Waals surface area contributed by atoms with Crippen molar-refractivity contribution < 1.29 is 14.4 Å². The molecule has 0 atom stereocenters. The van der Waals surface area contributed by atoms with Gasteiger partial charge in [-0.05, 0) is 30.3 Å². The normalized spacial score (nSPS) is 10.5. The number of non-ortho nitro benzene ring substituents is 1. The number of methoxy groups -OCH3 is 1. The molecule has 0 unspecified atom stereocenters. The summed E-state index contributed by atoms with van der Waals surface area (Å²) in [6.45, 7) is 1.05. The van der Waals surface area contributed by atoms with Crippen LogP contribution in [-0.2, 0) is 0 Å². The smallest absolute Gasteiger partial charge is 0.270 e. The van der Waals surface area contributed by atoms with Crippen molar-refractivity contribution in [3.05, 3.63) is 52.6 Å². The number of aromatic nitrogens is 1. The van der Waals surface area contributed by atoms with Gasteiger partial charge in [-0.3, -0.25) is 10.1 Å². The first-order chi connectivity index (χ1) is 11.7. The molecule has 0 radical (unpaired) electrons. The van der Waals surface area contributed by atoms with Crippen molar-refractivity contribution in [3.63, 3.8) is 0 Å². The molecule has 124 valence electrons. The predicted molar refractivity (Wildman–Crippen MR) is 93.3 cm³/mol. The number of ether oxygens (including phenoxy) is 2. The summed E-state index contributed by atoms with van der Waals surface area (Å²) >= 11 is 1.38. The van der Waals surface area contributed by atoms with E-state index in [0.717, 1.165) is 21.7 Å². The van der Waals surface area contributed by atoms with Gasteiger partial charge in [-0.15, -0.1) is 0 Å². The van der Waals surface area contributed by atoms with Gasteiger partial charge in [0.05, 0.1) is 28.8 Å². The summed E-state index contributed by atoms with van der Waals surface area (Å²) in [6, 6.07) is 12.0. The van der Waals surface area contributed by atoms with E-state index in [1.807, 2.05) is 24.3 Å². The quantitative estimate of drug-likeness (QED) is 0.399. The highest BCUT2D eigenvalue weighted by Crippen LogP contribution is 2.29. The fourth-order valence-electron chi connectivity index (χ4n) is 2.10. The molecule has 8 heteroatoms. The second-order valence-electron chi connectivity index (χ2n) is 4.88. The van der Waals surface area contributed by atoms with Crippen LogP contribution in [0.1, 0.15) is 0 Å². The van der Waals surface area contributed by atoms with Gasteiger partial charge in [0.25, 0.3) is 5.69 Å². The van der Waals surface area contributed by atoms with Gasteiger partial charge in [0, 0.05) is 12.1 Å². The fraction of sp³-hybridized carbons (Fsp3) is 0.188. The average molecular weight is 345 g/mol. The lowest BCUT2D eigenvalue weighted by atomic mass is 10.3. The van der Waals surface area contributed by atoms with Crippen LogP contribution in [-0.4, -0.2) is 30.2 Å². The Balaban J connectivity index is 1.54. The maximum Gasteiger partial charge on any atom is 0.270 e. The first kappa shape index (κ1) is 16.0. The number of nitro groups is 1. The molecule has 0 saturated heterocycles. The van der Waals surface area contributed by atoms with E-state index in [4.69, 9.17) is 9.47 Å². The highest BCUT2D eigenvalue weighted by atomic mass is 32.1. The number of hydrogen-bond donors (Lipinski definition) is 1. The lowest BCUT2D eigenvalue weighted by Crippen LogP contribution is -2.11. The van der Waals surface area contributed by atoms with Gasteiger partial charge in [-0.2, -0.15) is 0 Å². The van der Waals surface area contributed by atoms with Crippen LogP contribution < -0.4 is 14.8 Å². The molecule has 3 rings (SSSR count). The maximum absolute atomic E-state index is 10.8. The molecule has 0 amide bonds. The van der Waals surface area contributed by atoms with Crippen molar-refractivity contribution in [2.75, 3.05) is 25.6 Å². The Bertz CT molecular complexity index is 848. The Hall–Kier alpha value is -2.87. The molecule has 0 bridgehead atoms. The first-order valence-electron chi connectivity index (χ1n) is 7.21. The van der Waals surface area contributed by atoms with Crippen LogP contribution in [0.15, 0.2) is 42.5 Å². The molecule has 0 fully saturated rings. The molecule has 0 aliphatic rings. The topological polar surface area (TPSA) is 86.5 Å². The van der Waals surface area contributed by atoms with Crippen molar-refractivity contribution in [1.29, 1.82) is 0 Å². The fourth-order valence-corrected chi connectivity index (χ4v) is 3.03. The summed E-state index contributed by atoms with van der Waals surface area (Å²) in [5.74, 6) is 1.54. The van der Waals surface area contributed by atoms with Crippen molar-refractivity contribution in [2.24, 2.45) is 0 Å². The van der Waals surface area contributed by atoms with Crippen LogP contribution in [0.5, 0.6) is 11.5 Å². The van der Waals surface area contributed by atoms with Crippen LogP contribution >= 0.6 is 11.3 Å². The zero-order valence-electron chi connectivity index (χ0n) is 12.9. The third-order valence-electron chi connectivity index (χ3n) is 3.29. The zero-order valence-corrected chi connectivity index (χ0v) is 13.7. The molecule has 3 aromatic rings. The van der Waals surface area contributed by atoms with E-state index in [1.54, 1.807) is 13.2 Å². The van der Waals surface area contributed by atoms with Crippen LogP contribution in [0.4, 0.5) is 10.8 Å². The molecule has 1 N–H and O–H groups in total. The maximum atomic E-state index is 10.8. The van der Waals surface area contributed by atoms with Crippen molar-refractivity contribution in [3.8, 4) is 11.5 Å². The summed E-state index contributed by atoms with van der Waals surface area (Å²) < 4.78 is 11.5. The van der Waals surface area contributed by atoms with E-state index in [2.05, 4.69) is 10.3 Å². The number of nitro benzene ring substituents is 1. The van der Waals surface area contributed by atoms with E-state index < -0.39 is 4.92 Å². The number of benzene rings is 2. The number of nitrogens with zero attached hydrogens (tertiary/aromatic N) is 2. The van der Waals surface area contributed by atoms with E-state index in [-0.39, 0.29) is 5.69 Å². The van der Waals surface area contributed by atoms with E-state index in [0.29, 0.717) is 18.3 Å². The van der Waals surface area contributed by atoms with E-state index in [1.165, 1.54) is 23.5 Å². The number of hydrogen-bond acceptors (Lipinski definition) is 7. The van der Waals surface area contributed by atoms with Crippen LogP contribution in [0.3, 0.4) is 0 Å². The van der Waals surface area contributed by atoms with Crippen molar-refractivity contribution >= 4 is 32.4 Å². The largest absolute Gasteiger partial charge is 0.497 e. The number of rotatable bonds is 7. The lowest BCUT2D eigenvalue weighted by molar-refractivity contribution is -0.384. The van der Waals surface area contributed by atoms with E-state index >= 15 is 0 Å². The van der Waals surface area contributed by atoms with Gasteiger partial charge >= 0.3 is 0 Å². The Kier molecular flexibility index (Phi) is 4.76. The molecule has 0 aliphatic carbocycles. The minimum atomic E-state index is -0.408. The third kappa shape index (κ3) is 3.72. The SMILES string of the molecule is COc1ccc(OCCNc2nc3ccc([N+](=O)[O-])cc3s2)cc1. The minimum absolute atomic E-state index is 0.0699. The molecule has 1 heterocycles. The number of fused-ring (bicyclic) bond motifs is 1. The molecule has 0 spiro atoms. The summed E-state index contributed by atoms with van der Waals surface area (Å²) in [4.78, 5) is 14.8. The molecule has 7 nitrogen and oxygen atoms in total. The lowest BCUT2D eigenvalue weighted by Gasteiger charge is -2.07. The van der Waals surface area contributed by atoms with Crippen LogP contribution in [0.25, 0.3) is 10.2 Å². The first-order valence-corrected chi connectivity index (χ1v) is 8.03. The van der Waals surface area contributed by atoms with Gasteiger partial charge in [0.1, 0.15) is 18.1 Å². The van der Waals surface area contributed by atoms with Gasteiger partial charge in [-0.25, -0.2) is 4.98 Å². The summed E-state index contributed by atoms with van der Waals surface area (Å²) in [5.41, 5.74) is 0.810. The Labute approximate surface area is 142 Å². The Morgan fingerprint density at radius 2 is 1.96 bits per heavy atom. The molecule has 0 saturated carbocycles. The van der Waals surface area contributed by atoms with Gasteiger partial charge in [0.15, 0.2) is 5.13 Å². The Morgan fingerprint density at radius 3 is 2.67 bits per heavy atom. The van der Waals surface area contributed by atoms with Gasteiger partial charge in [0.2, 0.25) is 0 Å². The Morgan fingerprint density at radius 1 is 1.21 bits per heavy atom. The highest BCUT2D eigenvalue weighted by molar-refractivity contribution is 7.22. The predicted octanol–water partition coefficient (Wildman–Crippen LogP) is 3.70. The number of thiazole rings is 1. The second kappa shape index (κ2) is 7.14. The zero-order chi connectivity index (χ0) is 16.9. The molecule has 2 aromatic carbocycles. The second-order valence-corrected chi connectivity index (χ2v) is 5.91. The summed E-state index contributed by atoms with van der Waals surface area (Å²) in [5, 5.41) is 14.7. The van der Waals surface area contributed by atoms with Crippen molar-refractivity contribution in [2.45, 2.75) is 0 Å². The van der Waals surface area contributed by atoms with Crippen LogP contribution in [0.2, 0.25) is 0 Å². The van der Waals surface area contributed by atoms with Crippen LogP contribution in [0, 0.1) is 10.1 Å². The average Bonchev–Trinajstić information content (AvgIpc) is 3.01. The number of anilines is 1. The molecular formula is C16H15N3O4S. The molecule has 24 heavy (non-hydrogen) atoms. The summed E-state index contributed by atoms with van der Waals surface area (Å²) in [7, 11) is 1.62. The van der Waals surface area contributed by atoms with Gasteiger partial charge in [-0.1, -0.05) is 11.3 Å². The van der Waals surface area contributed by atoms with E-state index in [9.17, 15) is 10.1 Å². The standard InChI is InChI=1S/C16H15N3O4S/c1-22-12-3-5-13(6-4-12)23-9-8-17-16-18-14-7-2-11(19(20)21)10-15(14)24-16/h2-7,10H,8-9H2,1H3,(H,17,18). The minimum Gasteiger partial charge on any atom is -0.497 e.